The van der Waals surface area contributed by atoms with Crippen molar-refractivity contribution in [3.63, 3.8) is 0 Å². The zero-order chi connectivity index (χ0) is 14.5. The monoisotopic (exact) mass is 274 g/mol. The highest BCUT2D eigenvalue weighted by Gasteiger charge is 2.17. The first-order chi connectivity index (χ1) is 9.56. The summed E-state index contributed by atoms with van der Waals surface area (Å²) >= 11 is 0. The molecule has 0 saturated carbocycles. The van der Waals surface area contributed by atoms with E-state index in [1.165, 1.54) is 0 Å². The zero-order valence-electron chi connectivity index (χ0n) is 11.8. The number of nitrogens with zero attached hydrogens (tertiary/aromatic N) is 3. The van der Waals surface area contributed by atoms with Crippen LogP contribution in [0.25, 0.3) is 0 Å². The molecular weight excluding hydrogens is 256 g/mol. The van der Waals surface area contributed by atoms with E-state index in [-0.39, 0.29) is 23.6 Å². The quantitative estimate of drug-likeness (QED) is 0.901. The molecule has 20 heavy (non-hydrogen) atoms. The van der Waals surface area contributed by atoms with E-state index in [0.29, 0.717) is 6.42 Å². The molecule has 0 radical (unpaired) electrons. The van der Waals surface area contributed by atoms with Gasteiger partial charge in [-0.1, -0.05) is 19.0 Å². The molecule has 0 aliphatic heterocycles. The average molecular weight is 274 g/mol. The van der Waals surface area contributed by atoms with Crippen molar-refractivity contribution in [1.82, 2.24) is 20.4 Å². The van der Waals surface area contributed by atoms with Crippen LogP contribution in [-0.4, -0.2) is 27.1 Å². The van der Waals surface area contributed by atoms with Crippen molar-refractivity contribution in [2.75, 3.05) is 0 Å². The molecule has 0 aliphatic rings. The number of rotatable bonds is 5. The normalized spacial score (nSPS) is 12.4. The van der Waals surface area contributed by atoms with Gasteiger partial charge in [0.15, 0.2) is 0 Å². The summed E-state index contributed by atoms with van der Waals surface area (Å²) < 4.78 is 5.05. The summed E-state index contributed by atoms with van der Waals surface area (Å²) in [5.41, 5.74) is 1.61. The predicted molar refractivity (Wildman–Crippen MR) is 73.3 cm³/mol. The first-order valence-corrected chi connectivity index (χ1v) is 6.58. The lowest BCUT2D eigenvalue weighted by Gasteiger charge is -2.11. The summed E-state index contributed by atoms with van der Waals surface area (Å²) in [5, 5.41) is 6.73. The Hall–Kier alpha value is -2.24. The number of amides is 1. The summed E-state index contributed by atoms with van der Waals surface area (Å²) in [6.07, 6.45) is 5.56. The fourth-order valence-electron chi connectivity index (χ4n) is 1.76. The molecule has 0 fully saturated rings. The van der Waals surface area contributed by atoms with Gasteiger partial charge in [0.25, 0.3) is 5.91 Å². The molecule has 6 nitrogen and oxygen atoms in total. The SMILES string of the molecule is CC(C)c1cc(C(=O)N[C@H](C)Cc2cnccn2)on1. The van der Waals surface area contributed by atoms with E-state index in [9.17, 15) is 4.79 Å². The van der Waals surface area contributed by atoms with Gasteiger partial charge in [-0.2, -0.15) is 0 Å². The van der Waals surface area contributed by atoms with Crippen LogP contribution in [0, 0.1) is 0 Å². The third-order valence-electron chi connectivity index (χ3n) is 2.85. The number of aromatic nitrogens is 3. The Kier molecular flexibility index (Phi) is 4.45. The maximum Gasteiger partial charge on any atom is 0.290 e. The second-order valence-corrected chi connectivity index (χ2v) is 5.05. The maximum absolute atomic E-state index is 12.0. The largest absolute Gasteiger partial charge is 0.351 e. The first kappa shape index (κ1) is 14.2. The highest BCUT2D eigenvalue weighted by molar-refractivity contribution is 5.91. The molecule has 0 spiro atoms. The van der Waals surface area contributed by atoms with Crippen LogP contribution in [0.4, 0.5) is 0 Å². The van der Waals surface area contributed by atoms with Gasteiger partial charge in [0.05, 0.1) is 11.4 Å². The standard InChI is InChI=1S/C14H18N4O2/c1-9(2)12-7-13(20-18-12)14(19)17-10(3)6-11-8-15-4-5-16-11/h4-5,7-10H,6H2,1-3H3,(H,17,19)/t10-/m1/s1. The Labute approximate surface area is 117 Å². The van der Waals surface area contributed by atoms with E-state index in [0.717, 1.165) is 11.4 Å². The predicted octanol–water partition coefficient (Wildman–Crippen LogP) is 1.95. The average Bonchev–Trinajstić information content (AvgIpc) is 2.89. The van der Waals surface area contributed by atoms with Gasteiger partial charge in [0, 0.05) is 37.1 Å². The van der Waals surface area contributed by atoms with Crippen molar-refractivity contribution in [3.05, 3.63) is 41.8 Å². The fraction of sp³-hybridized carbons (Fsp3) is 0.429. The zero-order valence-corrected chi connectivity index (χ0v) is 11.8. The summed E-state index contributed by atoms with van der Waals surface area (Å²) in [5.74, 6) is 0.206. The number of carbonyl (C=O) groups excluding carboxylic acids is 1. The number of hydrogen-bond donors (Lipinski definition) is 1. The molecule has 1 atom stereocenters. The van der Waals surface area contributed by atoms with Gasteiger partial charge in [-0.3, -0.25) is 14.8 Å². The molecule has 1 amide bonds. The third kappa shape index (κ3) is 3.63. The fourth-order valence-corrected chi connectivity index (χ4v) is 1.76. The van der Waals surface area contributed by atoms with E-state index in [1.807, 2.05) is 20.8 Å². The Morgan fingerprint density at radius 1 is 1.35 bits per heavy atom. The molecule has 106 valence electrons. The number of nitrogens with one attached hydrogen (secondary N) is 1. The van der Waals surface area contributed by atoms with Crippen molar-refractivity contribution in [1.29, 1.82) is 0 Å². The van der Waals surface area contributed by atoms with Crippen molar-refractivity contribution in [3.8, 4) is 0 Å². The van der Waals surface area contributed by atoms with E-state index in [1.54, 1.807) is 24.7 Å². The van der Waals surface area contributed by atoms with Crippen molar-refractivity contribution >= 4 is 5.91 Å². The molecular formula is C14H18N4O2. The molecule has 0 unspecified atom stereocenters. The lowest BCUT2D eigenvalue weighted by molar-refractivity contribution is 0.0902. The first-order valence-electron chi connectivity index (χ1n) is 6.58. The van der Waals surface area contributed by atoms with Crippen LogP contribution in [0.2, 0.25) is 0 Å². The second-order valence-electron chi connectivity index (χ2n) is 5.05. The third-order valence-corrected chi connectivity index (χ3v) is 2.85. The van der Waals surface area contributed by atoms with Crippen LogP contribution in [0.15, 0.2) is 29.2 Å². The van der Waals surface area contributed by atoms with E-state index >= 15 is 0 Å². The second kappa shape index (κ2) is 6.27. The maximum atomic E-state index is 12.0. The molecule has 2 aromatic heterocycles. The van der Waals surface area contributed by atoms with Gasteiger partial charge >= 0.3 is 0 Å². The van der Waals surface area contributed by atoms with Crippen molar-refractivity contribution < 1.29 is 9.32 Å². The van der Waals surface area contributed by atoms with Crippen LogP contribution >= 0.6 is 0 Å². The molecule has 1 N–H and O–H groups in total. The summed E-state index contributed by atoms with van der Waals surface area (Å²) in [6, 6.07) is 1.61. The Bertz CT molecular complexity index is 566. The lowest BCUT2D eigenvalue weighted by Crippen LogP contribution is -2.34. The number of hydrogen-bond acceptors (Lipinski definition) is 5. The molecule has 6 heteroatoms. The molecule has 2 rings (SSSR count). The van der Waals surface area contributed by atoms with Crippen LogP contribution in [0.5, 0.6) is 0 Å². The van der Waals surface area contributed by atoms with Gasteiger partial charge in [0.2, 0.25) is 5.76 Å². The summed E-state index contributed by atoms with van der Waals surface area (Å²) in [4.78, 5) is 20.2. The smallest absolute Gasteiger partial charge is 0.290 e. The van der Waals surface area contributed by atoms with Gasteiger partial charge in [-0.25, -0.2) is 0 Å². The summed E-state index contributed by atoms with van der Waals surface area (Å²) in [7, 11) is 0. The molecule has 0 aliphatic carbocycles. The van der Waals surface area contributed by atoms with Crippen LogP contribution in [0.1, 0.15) is 48.6 Å². The van der Waals surface area contributed by atoms with E-state index in [2.05, 4.69) is 20.4 Å². The van der Waals surface area contributed by atoms with E-state index < -0.39 is 0 Å². The van der Waals surface area contributed by atoms with Crippen LogP contribution in [-0.2, 0) is 6.42 Å². The molecule has 2 aromatic rings. The Balaban J connectivity index is 1.93. The highest BCUT2D eigenvalue weighted by Crippen LogP contribution is 2.14. The Morgan fingerprint density at radius 2 is 2.15 bits per heavy atom. The van der Waals surface area contributed by atoms with Crippen molar-refractivity contribution in [2.45, 2.75) is 39.2 Å². The number of carbonyl (C=O) groups is 1. The molecule has 0 bridgehead atoms. The molecule has 0 aromatic carbocycles. The Morgan fingerprint density at radius 3 is 2.75 bits per heavy atom. The van der Waals surface area contributed by atoms with Crippen molar-refractivity contribution in [2.24, 2.45) is 0 Å². The minimum absolute atomic E-state index is 0.0631. The minimum atomic E-state index is -0.263. The molecule has 0 saturated heterocycles. The van der Waals surface area contributed by atoms with Gasteiger partial charge in [-0.15, -0.1) is 0 Å². The van der Waals surface area contributed by atoms with Crippen LogP contribution < -0.4 is 5.32 Å². The van der Waals surface area contributed by atoms with E-state index in [4.69, 9.17) is 4.52 Å². The topological polar surface area (TPSA) is 80.9 Å². The van der Waals surface area contributed by atoms with Gasteiger partial charge in [0.1, 0.15) is 0 Å². The van der Waals surface area contributed by atoms with Gasteiger partial charge in [-0.05, 0) is 12.8 Å². The highest BCUT2D eigenvalue weighted by atomic mass is 16.5. The van der Waals surface area contributed by atoms with Gasteiger partial charge < -0.3 is 9.84 Å². The van der Waals surface area contributed by atoms with Crippen LogP contribution in [0.3, 0.4) is 0 Å². The molecule has 2 heterocycles. The lowest BCUT2D eigenvalue weighted by atomic mass is 10.1. The summed E-state index contributed by atoms with van der Waals surface area (Å²) in [6.45, 7) is 5.90. The minimum Gasteiger partial charge on any atom is -0.351 e.